The third kappa shape index (κ3) is 4.30. The molecule has 0 fully saturated rings. The number of fused-ring (bicyclic) bond motifs is 1. The Morgan fingerprint density at radius 3 is 2.62 bits per heavy atom. The number of hydrogen-bond acceptors (Lipinski definition) is 7. The molecule has 32 heavy (non-hydrogen) atoms. The van der Waals surface area contributed by atoms with Gasteiger partial charge >= 0.3 is 5.97 Å². The van der Waals surface area contributed by atoms with Gasteiger partial charge in [-0.3, -0.25) is 0 Å². The topological polar surface area (TPSA) is 108 Å². The molecule has 1 aliphatic rings. The van der Waals surface area contributed by atoms with Crippen molar-refractivity contribution < 1.29 is 23.4 Å². The van der Waals surface area contributed by atoms with Crippen LogP contribution >= 0.6 is 0 Å². The van der Waals surface area contributed by atoms with Crippen LogP contribution in [0.2, 0.25) is 0 Å². The number of rotatable bonds is 7. The molecule has 1 aliphatic heterocycles. The van der Waals surface area contributed by atoms with Crippen LogP contribution in [0.3, 0.4) is 0 Å². The van der Waals surface area contributed by atoms with E-state index < -0.39 is 11.9 Å². The first-order valence-corrected chi connectivity index (χ1v) is 10.3. The molecule has 0 spiro atoms. The van der Waals surface area contributed by atoms with Crippen LogP contribution < -0.4 is 19.9 Å². The highest BCUT2D eigenvalue weighted by atomic mass is 16.5. The first-order chi connectivity index (χ1) is 15.6. The summed E-state index contributed by atoms with van der Waals surface area (Å²) in [6, 6.07) is 17.4. The monoisotopic (exact) mass is 430 g/mol. The molecule has 1 aromatic heterocycles. The Labute approximate surface area is 185 Å². The number of ether oxygens (including phenoxy) is 3. The first-order valence-electron chi connectivity index (χ1n) is 10.3. The molecule has 4 rings (SSSR count). The number of benzene rings is 2. The largest absolute Gasteiger partial charge is 0.494 e. The Hall–Kier alpha value is -4.18. The molecule has 0 radical (unpaired) electrons. The maximum absolute atomic E-state index is 12.6. The van der Waals surface area contributed by atoms with Gasteiger partial charge in [-0.25, -0.2) is 4.79 Å². The van der Waals surface area contributed by atoms with Crippen molar-refractivity contribution in [3.05, 3.63) is 89.2 Å². The Bertz CT molecular complexity index is 1170. The smallest absolute Gasteiger partial charge is 0.343 e. The molecule has 162 valence electrons. The second-order valence-electron chi connectivity index (χ2n) is 7.26. The fourth-order valence-corrected chi connectivity index (χ4v) is 3.43. The summed E-state index contributed by atoms with van der Waals surface area (Å²) in [5.74, 6) is 0.949. The second kappa shape index (κ2) is 9.31. The van der Waals surface area contributed by atoms with Gasteiger partial charge in [-0.1, -0.05) is 19.4 Å². The lowest BCUT2D eigenvalue weighted by Gasteiger charge is -2.25. The van der Waals surface area contributed by atoms with E-state index in [1.54, 1.807) is 54.6 Å². The average molecular weight is 430 g/mol. The van der Waals surface area contributed by atoms with E-state index in [1.807, 2.05) is 0 Å². The number of nitrogens with two attached hydrogens (primary N) is 1. The standard InChI is InChI=1S/C25H22N2O5/c1-2-3-12-29-17-8-6-16(7-9-17)25(28)31-18-10-11-19-22(14-18)32-24(27)20(15-26)23(19)21-5-4-13-30-21/h4-11,13-14,23H,2-3,12,27H2,1H3. The highest BCUT2D eigenvalue weighted by molar-refractivity contribution is 5.91. The minimum absolute atomic E-state index is 0.0106. The molecular weight excluding hydrogens is 408 g/mol. The van der Waals surface area contributed by atoms with Gasteiger partial charge in [-0.2, -0.15) is 5.26 Å². The van der Waals surface area contributed by atoms with Crippen LogP contribution in [0.1, 0.15) is 47.4 Å². The van der Waals surface area contributed by atoms with Gasteiger partial charge in [0.05, 0.1) is 24.4 Å². The highest BCUT2D eigenvalue weighted by Crippen LogP contribution is 2.43. The van der Waals surface area contributed by atoms with Crippen molar-refractivity contribution in [1.82, 2.24) is 0 Å². The van der Waals surface area contributed by atoms with E-state index in [4.69, 9.17) is 24.4 Å². The maximum Gasteiger partial charge on any atom is 0.343 e. The fraction of sp³-hybridized carbons (Fsp3) is 0.200. The number of carbonyl (C=O) groups excluding carboxylic acids is 1. The predicted molar refractivity (Wildman–Crippen MR) is 116 cm³/mol. The van der Waals surface area contributed by atoms with Gasteiger partial charge in [0.15, 0.2) is 0 Å². The number of esters is 1. The summed E-state index contributed by atoms with van der Waals surface area (Å²) in [5, 5.41) is 9.55. The van der Waals surface area contributed by atoms with Gasteiger partial charge in [0.1, 0.15) is 34.7 Å². The van der Waals surface area contributed by atoms with Gasteiger partial charge in [0.2, 0.25) is 5.88 Å². The van der Waals surface area contributed by atoms with Crippen LogP contribution in [0.5, 0.6) is 17.2 Å². The number of hydrogen-bond donors (Lipinski definition) is 1. The van der Waals surface area contributed by atoms with Crippen molar-refractivity contribution in [2.45, 2.75) is 25.7 Å². The molecular formula is C25H22N2O5. The molecule has 1 atom stereocenters. The normalized spacial score (nSPS) is 14.8. The van der Waals surface area contributed by atoms with Crippen LogP contribution in [-0.4, -0.2) is 12.6 Å². The Morgan fingerprint density at radius 2 is 1.94 bits per heavy atom. The van der Waals surface area contributed by atoms with Crippen molar-refractivity contribution in [2.24, 2.45) is 5.73 Å². The third-order valence-corrected chi connectivity index (χ3v) is 5.09. The van der Waals surface area contributed by atoms with Gasteiger partial charge < -0.3 is 24.4 Å². The zero-order chi connectivity index (χ0) is 22.5. The third-order valence-electron chi connectivity index (χ3n) is 5.09. The molecule has 3 aromatic rings. The molecule has 7 nitrogen and oxygen atoms in total. The lowest BCUT2D eigenvalue weighted by atomic mass is 9.87. The summed E-state index contributed by atoms with van der Waals surface area (Å²) in [7, 11) is 0. The molecule has 0 amide bonds. The predicted octanol–water partition coefficient (Wildman–Crippen LogP) is 4.90. The van der Waals surface area contributed by atoms with Gasteiger partial charge in [-0.15, -0.1) is 0 Å². The zero-order valence-electron chi connectivity index (χ0n) is 17.5. The number of unbranched alkanes of at least 4 members (excludes halogenated alkanes) is 1. The van der Waals surface area contributed by atoms with E-state index in [0.29, 0.717) is 40.7 Å². The van der Waals surface area contributed by atoms with Gasteiger partial charge in [0.25, 0.3) is 0 Å². The average Bonchev–Trinajstić information content (AvgIpc) is 3.33. The molecule has 2 N–H and O–H groups in total. The summed E-state index contributed by atoms with van der Waals surface area (Å²) >= 11 is 0. The lowest BCUT2D eigenvalue weighted by molar-refractivity contribution is 0.0734. The molecule has 7 heteroatoms. The number of nitriles is 1. The number of nitrogens with zero attached hydrogens (tertiary/aromatic N) is 1. The Morgan fingerprint density at radius 1 is 1.16 bits per heavy atom. The van der Waals surface area contributed by atoms with Crippen molar-refractivity contribution in [3.8, 4) is 23.3 Å². The summed E-state index contributed by atoms with van der Waals surface area (Å²) < 4.78 is 22.3. The summed E-state index contributed by atoms with van der Waals surface area (Å²) in [6.45, 7) is 2.73. The molecule has 0 saturated heterocycles. The van der Waals surface area contributed by atoms with Crippen molar-refractivity contribution >= 4 is 5.97 Å². The van der Waals surface area contributed by atoms with E-state index in [0.717, 1.165) is 12.8 Å². The zero-order valence-corrected chi connectivity index (χ0v) is 17.5. The quantitative estimate of drug-likeness (QED) is 0.323. The van der Waals surface area contributed by atoms with Crippen molar-refractivity contribution in [1.29, 1.82) is 5.26 Å². The second-order valence-corrected chi connectivity index (χ2v) is 7.26. The number of carbonyl (C=O) groups is 1. The van der Waals surface area contributed by atoms with Gasteiger partial charge in [0, 0.05) is 11.6 Å². The van der Waals surface area contributed by atoms with Crippen molar-refractivity contribution in [3.63, 3.8) is 0 Å². The van der Waals surface area contributed by atoms with Crippen LogP contribution in [0.15, 0.2) is 76.7 Å². The van der Waals surface area contributed by atoms with E-state index in [-0.39, 0.29) is 11.5 Å². The van der Waals surface area contributed by atoms with Crippen molar-refractivity contribution in [2.75, 3.05) is 6.61 Å². The number of furan rings is 1. The molecule has 0 bridgehead atoms. The molecule has 0 aliphatic carbocycles. The Balaban J connectivity index is 1.52. The Kier molecular flexibility index (Phi) is 6.13. The highest BCUT2D eigenvalue weighted by Gasteiger charge is 2.32. The van der Waals surface area contributed by atoms with Crippen LogP contribution in [-0.2, 0) is 0 Å². The maximum atomic E-state index is 12.6. The van der Waals surface area contributed by atoms with E-state index in [1.165, 1.54) is 6.26 Å². The summed E-state index contributed by atoms with van der Waals surface area (Å²) in [4.78, 5) is 12.6. The SMILES string of the molecule is CCCCOc1ccc(C(=O)Oc2ccc3c(c2)OC(N)=C(C#N)C3c2ccco2)cc1. The molecule has 0 saturated carbocycles. The van der Waals surface area contributed by atoms with E-state index in [2.05, 4.69) is 13.0 Å². The minimum Gasteiger partial charge on any atom is -0.494 e. The summed E-state index contributed by atoms with van der Waals surface area (Å²) in [5.41, 5.74) is 7.33. The van der Waals surface area contributed by atoms with E-state index in [9.17, 15) is 10.1 Å². The van der Waals surface area contributed by atoms with E-state index >= 15 is 0 Å². The minimum atomic E-state index is -0.510. The molecule has 1 unspecified atom stereocenters. The first kappa shape index (κ1) is 21.1. The lowest BCUT2D eigenvalue weighted by Crippen LogP contribution is -2.21. The summed E-state index contributed by atoms with van der Waals surface area (Å²) in [6.07, 6.45) is 3.56. The van der Waals surface area contributed by atoms with Gasteiger partial charge in [-0.05, 0) is 48.9 Å². The van der Waals surface area contributed by atoms with Crippen LogP contribution in [0.25, 0.3) is 0 Å². The van der Waals surface area contributed by atoms with Crippen LogP contribution in [0.4, 0.5) is 0 Å². The molecule has 2 heterocycles. The fourth-order valence-electron chi connectivity index (χ4n) is 3.43. The number of allylic oxidation sites excluding steroid dienone is 1. The van der Waals surface area contributed by atoms with Crippen LogP contribution in [0, 0.1) is 11.3 Å². The molecule has 2 aromatic carbocycles.